The molecular weight excluding hydrogens is 338 g/mol. The van der Waals surface area contributed by atoms with E-state index in [1.54, 1.807) is 24.3 Å². The summed E-state index contributed by atoms with van der Waals surface area (Å²) in [6.45, 7) is 0. The zero-order valence-electron chi connectivity index (χ0n) is 13.7. The number of aromatic nitrogens is 3. The van der Waals surface area contributed by atoms with Crippen LogP contribution in [0.5, 0.6) is 0 Å². The van der Waals surface area contributed by atoms with Crippen LogP contribution in [0.2, 0.25) is 5.15 Å². The predicted octanol–water partition coefficient (Wildman–Crippen LogP) is 4.23. The van der Waals surface area contributed by atoms with Crippen LogP contribution in [0, 0.1) is 0 Å². The van der Waals surface area contributed by atoms with E-state index >= 15 is 0 Å². The summed E-state index contributed by atoms with van der Waals surface area (Å²) in [5.41, 5.74) is 3.07. The number of carbonyl (C=O) groups is 1. The van der Waals surface area contributed by atoms with Gasteiger partial charge in [0.1, 0.15) is 10.8 Å². The lowest BCUT2D eigenvalue weighted by atomic mass is 10.1. The van der Waals surface area contributed by atoms with Crippen LogP contribution in [-0.2, 0) is 11.8 Å². The van der Waals surface area contributed by atoms with Gasteiger partial charge in [0.25, 0.3) is 0 Å². The van der Waals surface area contributed by atoms with Crippen molar-refractivity contribution in [3.63, 3.8) is 0 Å². The minimum absolute atomic E-state index is 0.380. The molecule has 0 radical (unpaired) electrons. The fraction of sp³-hybridized carbons (Fsp3) is 0.105. The molecule has 0 saturated carbocycles. The predicted molar refractivity (Wildman–Crippen MR) is 97.8 cm³/mol. The largest absolute Gasteiger partial charge is 0.465 e. The van der Waals surface area contributed by atoms with Crippen LogP contribution in [0.25, 0.3) is 33.3 Å². The van der Waals surface area contributed by atoms with Gasteiger partial charge in [-0.3, -0.25) is 0 Å². The summed E-state index contributed by atoms with van der Waals surface area (Å²) >= 11 is 6.47. The molecule has 0 amide bonds. The number of nitrogens with zero attached hydrogens (tertiary/aromatic N) is 3. The standard InChI is InChI=1S/C19H14ClN3O2/c1-23-14-6-4-3-5-13(14)15-16(20)21-17(22-18(15)23)11-7-9-12(10-8-11)19(24)25-2/h3-10H,1-2H3. The number of methoxy groups -OCH3 is 1. The molecule has 0 bridgehead atoms. The Morgan fingerprint density at radius 3 is 2.52 bits per heavy atom. The third-order valence-electron chi connectivity index (χ3n) is 4.26. The van der Waals surface area contributed by atoms with Crippen LogP contribution in [0.15, 0.2) is 48.5 Å². The van der Waals surface area contributed by atoms with Gasteiger partial charge in [-0.15, -0.1) is 0 Å². The molecular formula is C19H14ClN3O2. The molecule has 0 aliphatic carbocycles. The number of rotatable bonds is 2. The van der Waals surface area contributed by atoms with Crippen LogP contribution in [0.3, 0.4) is 0 Å². The van der Waals surface area contributed by atoms with E-state index in [1.165, 1.54) is 7.11 Å². The molecule has 4 rings (SSSR count). The summed E-state index contributed by atoms with van der Waals surface area (Å²) in [5, 5.41) is 2.28. The van der Waals surface area contributed by atoms with Crippen LogP contribution < -0.4 is 0 Å². The topological polar surface area (TPSA) is 57.0 Å². The number of aryl methyl sites for hydroxylation is 1. The van der Waals surface area contributed by atoms with E-state index in [0.717, 1.165) is 27.5 Å². The SMILES string of the molecule is COC(=O)c1ccc(-c2nc(Cl)c3c4ccccc4n(C)c3n2)cc1. The van der Waals surface area contributed by atoms with Crippen LogP contribution in [0.4, 0.5) is 0 Å². The molecule has 25 heavy (non-hydrogen) atoms. The minimum Gasteiger partial charge on any atom is -0.465 e. The normalized spacial score (nSPS) is 11.2. The Bertz CT molecular complexity index is 1120. The van der Waals surface area contributed by atoms with E-state index in [-0.39, 0.29) is 5.97 Å². The summed E-state index contributed by atoms with van der Waals surface area (Å²) in [6.07, 6.45) is 0. The highest BCUT2D eigenvalue weighted by molar-refractivity contribution is 6.36. The average Bonchev–Trinajstić information content (AvgIpc) is 2.94. The Hall–Kier alpha value is -2.92. The maximum absolute atomic E-state index is 11.6. The van der Waals surface area contributed by atoms with Crippen molar-refractivity contribution in [2.45, 2.75) is 0 Å². The molecule has 0 saturated heterocycles. The van der Waals surface area contributed by atoms with Crippen molar-refractivity contribution in [2.24, 2.45) is 7.05 Å². The second-order valence-corrected chi connectivity index (χ2v) is 6.04. The van der Waals surface area contributed by atoms with Crippen molar-refractivity contribution in [1.29, 1.82) is 0 Å². The Morgan fingerprint density at radius 2 is 1.80 bits per heavy atom. The summed E-state index contributed by atoms with van der Waals surface area (Å²) in [5.74, 6) is 0.134. The molecule has 0 spiro atoms. The van der Waals surface area contributed by atoms with Gasteiger partial charge in [0, 0.05) is 18.0 Å². The molecule has 0 N–H and O–H groups in total. The number of hydrogen-bond acceptors (Lipinski definition) is 4. The number of carbonyl (C=O) groups excluding carboxylic acids is 1. The van der Waals surface area contributed by atoms with Gasteiger partial charge in [-0.2, -0.15) is 0 Å². The van der Waals surface area contributed by atoms with E-state index in [2.05, 4.69) is 9.97 Å². The molecule has 2 aromatic heterocycles. The van der Waals surface area contributed by atoms with Gasteiger partial charge >= 0.3 is 5.97 Å². The first-order valence-electron chi connectivity index (χ1n) is 7.69. The highest BCUT2D eigenvalue weighted by Gasteiger charge is 2.16. The Balaban J connectivity index is 1.90. The smallest absolute Gasteiger partial charge is 0.337 e. The second-order valence-electron chi connectivity index (χ2n) is 5.68. The second kappa shape index (κ2) is 5.86. The Labute approximate surface area is 148 Å². The molecule has 5 nitrogen and oxygen atoms in total. The molecule has 0 aliphatic rings. The van der Waals surface area contributed by atoms with Crippen molar-refractivity contribution in [3.05, 3.63) is 59.2 Å². The highest BCUT2D eigenvalue weighted by Crippen LogP contribution is 2.33. The lowest BCUT2D eigenvalue weighted by molar-refractivity contribution is 0.0601. The monoisotopic (exact) mass is 351 g/mol. The van der Waals surface area contributed by atoms with E-state index in [9.17, 15) is 4.79 Å². The molecule has 0 atom stereocenters. The molecule has 2 heterocycles. The van der Waals surface area contributed by atoms with E-state index < -0.39 is 0 Å². The number of esters is 1. The van der Waals surface area contributed by atoms with Gasteiger partial charge in [-0.05, 0) is 18.2 Å². The number of para-hydroxylation sites is 1. The van der Waals surface area contributed by atoms with E-state index in [4.69, 9.17) is 16.3 Å². The van der Waals surface area contributed by atoms with Crippen molar-refractivity contribution in [3.8, 4) is 11.4 Å². The first-order chi connectivity index (χ1) is 12.1. The number of fused-ring (bicyclic) bond motifs is 3. The highest BCUT2D eigenvalue weighted by atomic mass is 35.5. The number of ether oxygens (including phenoxy) is 1. The molecule has 4 aromatic rings. The molecule has 0 unspecified atom stereocenters. The van der Waals surface area contributed by atoms with Gasteiger partial charge in [0.15, 0.2) is 5.82 Å². The van der Waals surface area contributed by atoms with Gasteiger partial charge in [0.05, 0.1) is 23.6 Å². The number of benzene rings is 2. The van der Waals surface area contributed by atoms with Gasteiger partial charge < -0.3 is 9.30 Å². The van der Waals surface area contributed by atoms with Gasteiger partial charge in [-0.1, -0.05) is 41.9 Å². The lowest BCUT2D eigenvalue weighted by Crippen LogP contribution is -2.01. The van der Waals surface area contributed by atoms with Gasteiger partial charge in [-0.25, -0.2) is 14.8 Å². The Kier molecular flexibility index (Phi) is 3.66. The van der Waals surface area contributed by atoms with Gasteiger partial charge in [0.2, 0.25) is 0 Å². The maximum atomic E-state index is 11.6. The quantitative estimate of drug-likeness (QED) is 0.400. The number of halogens is 1. The number of hydrogen-bond donors (Lipinski definition) is 0. The fourth-order valence-electron chi connectivity index (χ4n) is 2.99. The zero-order chi connectivity index (χ0) is 17.6. The first-order valence-corrected chi connectivity index (χ1v) is 8.07. The lowest BCUT2D eigenvalue weighted by Gasteiger charge is -2.05. The third kappa shape index (κ3) is 2.44. The van der Waals surface area contributed by atoms with Crippen molar-refractivity contribution in [2.75, 3.05) is 7.11 Å². The van der Waals surface area contributed by atoms with Crippen LogP contribution >= 0.6 is 11.6 Å². The van der Waals surface area contributed by atoms with Crippen LogP contribution in [-0.4, -0.2) is 27.6 Å². The summed E-state index contributed by atoms with van der Waals surface area (Å²) in [4.78, 5) is 20.7. The summed E-state index contributed by atoms with van der Waals surface area (Å²) < 4.78 is 6.72. The maximum Gasteiger partial charge on any atom is 0.337 e. The molecule has 0 fully saturated rings. The molecule has 124 valence electrons. The van der Waals surface area contributed by atoms with Crippen molar-refractivity contribution in [1.82, 2.24) is 14.5 Å². The molecule has 0 aliphatic heterocycles. The van der Waals surface area contributed by atoms with E-state index in [0.29, 0.717) is 16.5 Å². The van der Waals surface area contributed by atoms with Crippen LogP contribution in [0.1, 0.15) is 10.4 Å². The zero-order valence-corrected chi connectivity index (χ0v) is 14.4. The first kappa shape index (κ1) is 15.6. The minimum atomic E-state index is -0.380. The van der Waals surface area contributed by atoms with Crippen molar-refractivity contribution < 1.29 is 9.53 Å². The summed E-state index contributed by atoms with van der Waals surface area (Å²) in [7, 11) is 3.31. The van der Waals surface area contributed by atoms with E-state index in [1.807, 2.05) is 35.9 Å². The van der Waals surface area contributed by atoms with Crippen molar-refractivity contribution >= 4 is 39.5 Å². The fourth-order valence-corrected chi connectivity index (χ4v) is 3.26. The molecule has 6 heteroatoms. The average molecular weight is 352 g/mol. The molecule has 2 aromatic carbocycles. The summed E-state index contributed by atoms with van der Waals surface area (Å²) in [6, 6.07) is 14.9. The Morgan fingerprint density at radius 1 is 1.08 bits per heavy atom. The third-order valence-corrected chi connectivity index (χ3v) is 4.54.